The smallest absolute Gasteiger partial charge is 0.270 e. The fourth-order valence-electron chi connectivity index (χ4n) is 1.83. The number of carbonyl (C=O) groups excluding carboxylic acids is 1. The number of ether oxygens (including phenoxy) is 2. The molecule has 1 aromatic carbocycles. The summed E-state index contributed by atoms with van der Waals surface area (Å²) in [5, 5.41) is 2.49. The van der Waals surface area contributed by atoms with Crippen LogP contribution in [0.3, 0.4) is 0 Å². The molecule has 1 unspecified atom stereocenters. The summed E-state index contributed by atoms with van der Waals surface area (Å²) >= 11 is 0. The van der Waals surface area contributed by atoms with Crippen molar-refractivity contribution in [3.05, 3.63) is 48.4 Å². The van der Waals surface area contributed by atoms with Gasteiger partial charge in [0.15, 0.2) is 11.5 Å². The Balaban J connectivity index is 1.70. The van der Waals surface area contributed by atoms with Gasteiger partial charge >= 0.3 is 0 Å². The third kappa shape index (κ3) is 2.54. The second-order valence-corrected chi connectivity index (χ2v) is 4.20. The highest BCUT2D eigenvalue weighted by Crippen LogP contribution is 2.31. The van der Waals surface area contributed by atoms with E-state index in [9.17, 15) is 9.18 Å². The summed E-state index contributed by atoms with van der Waals surface area (Å²) in [5.74, 6) is 0.149. The monoisotopic (exact) mass is 274 g/mol. The number of aromatic nitrogens is 1. The highest BCUT2D eigenvalue weighted by atomic mass is 19.1. The fraction of sp³-hybridized carbons (Fsp3) is 0.143. The van der Waals surface area contributed by atoms with Crippen molar-refractivity contribution in [1.82, 2.24) is 4.98 Å². The number of anilines is 1. The van der Waals surface area contributed by atoms with Crippen LogP contribution in [0.5, 0.6) is 11.5 Å². The molecule has 5 nitrogen and oxygen atoms in total. The van der Waals surface area contributed by atoms with Crippen LogP contribution in [0.2, 0.25) is 0 Å². The SMILES string of the molecule is O=C(Nc1cccc(F)n1)C1COc2ccccc2O1. The van der Waals surface area contributed by atoms with Gasteiger partial charge in [0, 0.05) is 0 Å². The maximum atomic E-state index is 12.9. The van der Waals surface area contributed by atoms with Gasteiger partial charge in [-0.1, -0.05) is 18.2 Å². The van der Waals surface area contributed by atoms with Gasteiger partial charge < -0.3 is 14.8 Å². The minimum atomic E-state index is -0.796. The average Bonchev–Trinajstić information content (AvgIpc) is 2.47. The third-order valence-corrected chi connectivity index (χ3v) is 2.77. The van der Waals surface area contributed by atoms with E-state index in [1.165, 1.54) is 18.2 Å². The average molecular weight is 274 g/mol. The number of pyridine rings is 1. The van der Waals surface area contributed by atoms with Crippen molar-refractivity contribution in [2.75, 3.05) is 11.9 Å². The Kier molecular flexibility index (Phi) is 3.20. The van der Waals surface area contributed by atoms with Crippen LogP contribution in [0, 0.1) is 5.95 Å². The van der Waals surface area contributed by atoms with Gasteiger partial charge in [-0.2, -0.15) is 4.39 Å². The Bertz CT molecular complexity index is 648. The highest BCUT2D eigenvalue weighted by molar-refractivity contribution is 5.93. The first-order valence-corrected chi connectivity index (χ1v) is 6.04. The Hall–Kier alpha value is -2.63. The van der Waals surface area contributed by atoms with Gasteiger partial charge in [0.1, 0.15) is 12.4 Å². The molecule has 1 aliphatic rings. The van der Waals surface area contributed by atoms with E-state index in [-0.39, 0.29) is 12.4 Å². The van der Waals surface area contributed by atoms with Crippen LogP contribution >= 0.6 is 0 Å². The number of amides is 1. The lowest BCUT2D eigenvalue weighted by Gasteiger charge is -2.25. The van der Waals surface area contributed by atoms with Crippen LogP contribution in [0.15, 0.2) is 42.5 Å². The predicted molar refractivity (Wildman–Crippen MR) is 69.2 cm³/mol. The van der Waals surface area contributed by atoms with E-state index in [2.05, 4.69) is 10.3 Å². The summed E-state index contributed by atoms with van der Waals surface area (Å²) in [6.45, 7) is 0.0954. The molecule has 20 heavy (non-hydrogen) atoms. The second-order valence-electron chi connectivity index (χ2n) is 4.20. The largest absolute Gasteiger partial charge is 0.485 e. The van der Waals surface area contributed by atoms with Crippen LogP contribution in [-0.2, 0) is 4.79 Å². The minimum absolute atomic E-state index is 0.0954. The van der Waals surface area contributed by atoms with Crippen molar-refractivity contribution in [2.24, 2.45) is 0 Å². The van der Waals surface area contributed by atoms with E-state index in [1.807, 2.05) is 6.07 Å². The second kappa shape index (κ2) is 5.16. The van der Waals surface area contributed by atoms with Gasteiger partial charge in [-0.3, -0.25) is 4.79 Å². The summed E-state index contributed by atoms with van der Waals surface area (Å²) in [7, 11) is 0. The highest BCUT2D eigenvalue weighted by Gasteiger charge is 2.27. The molecule has 0 aliphatic carbocycles. The topological polar surface area (TPSA) is 60.5 Å². The first-order valence-electron chi connectivity index (χ1n) is 6.04. The zero-order valence-corrected chi connectivity index (χ0v) is 10.4. The number of hydrogen-bond donors (Lipinski definition) is 1. The molecule has 1 N–H and O–H groups in total. The zero-order chi connectivity index (χ0) is 13.9. The van der Waals surface area contributed by atoms with Gasteiger partial charge in [0.2, 0.25) is 12.1 Å². The first kappa shape index (κ1) is 12.4. The number of hydrogen-bond acceptors (Lipinski definition) is 4. The number of rotatable bonds is 2. The number of nitrogens with one attached hydrogen (secondary N) is 1. The van der Waals surface area contributed by atoms with Crippen LogP contribution in [0.4, 0.5) is 10.2 Å². The molecule has 1 atom stereocenters. The molecule has 0 saturated heterocycles. The summed E-state index contributed by atoms with van der Waals surface area (Å²) in [5.41, 5.74) is 0. The third-order valence-electron chi connectivity index (χ3n) is 2.77. The maximum absolute atomic E-state index is 12.9. The molecule has 1 aliphatic heterocycles. The molecule has 0 bridgehead atoms. The van der Waals surface area contributed by atoms with Crippen molar-refractivity contribution in [3.63, 3.8) is 0 Å². The number of fused-ring (bicyclic) bond motifs is 1. The number of carbonyl (C=O) groups is 1. The van der Waals surface area contributed by atoms with E-state index in [0.717, 1.165) is 0 Å². The Morgan fingerprint density at radius 1 is 1.20 bits per heavy atom. The van der Waals surface area contributed by atoms with Crippen LogP contribution in [-0.4, -0.2) is 23.6 Å². The number of para-hydroxylation sites is 2. The van der Waals surface area contributed by atoms with Crippen molar-refractivity contribution in [2.45, 2.75) is 6.10 Å². The molecule has 0 spiro atoms. The normalized spacial score (nSPS) is 16.6. The van der Waals surface area contributed by atoms with Gasteiger partial charge in [-0.15, -0.1) is 0 Å². The van der Waals surface area contributed by atoms with Gasteiger partial charge in [-0.05, 0) is 24.3 Å². The van der Waals surface area contributed by atoms with Crippen molar-refractivity contribution in [1.29, 1.82) is 0 Å². The molecular weight excluding hydrogens is 263 g/mol. The van der Waals surface area contributed by atoms with Crippen LogP contribution < -0.4 is 14.8 Å². The van der Waals surface area contributed by atoms with E-state index >= 15 is 0 Å². The molecule has 2 heterocycles. The Morgan fingerprint density at radius 3 is 2.80 bits per heavy atom. The minimum Gasteiger partial charge on any atom is -0.485 e. The van der Waals surface area contributed by atoms with Crippen molar-refractivity contribution in [3.8, 4) is 11.5 Å². The standard InChI is InChI=1S/C14H11FN2O3/c15-12-6-3-7-13(16-12)17-14(18)11-8-19-9-4-1-2-5-10(9)20-11/h1-7,11H,8H2,(H,16,17,18). The molecule has 3 rings (SSSR count). The lowest BCUT2D eigenvalue weighted by Crippen LogP contribution is -2.40. The molecule has 0 radical (unpaired) electrons. The molecule has 6 heteroatoms. The molecule has 2 aromatic rings. The Morgan fingerprint density at radius 2 is 2.00 bits per heavy atom. The van der Waals surface area contributed by atoms with Crippen LogP contribution in [0.25, 0.3) is 0 Å². The molecule has 102 valence electrons. The quantitative estimate of drug-likeness (QED) is 0.851. The van der Waals surface area contributed by atoms with Crippen molar-refractivity contribution >= 4 is 11.7 Å². The first-order chi connectivity index (χ1) is 9.72. The summed E-state index contributed by atoms with van der Waals surface area (Å²) in [4.78, 5) is 15.6. The summed E-state index contributed by atoms with van der Waals surface area (Å²) in [6, 6.07) is 11.2. The maximum Gasteiger partial charge on any atom is 0.270 e. The number of nitrogens with zero attached hydrogens (tertiary/aromatic N) is 1. The number of halogens is 1. The van der Waals surface area contributed by atoms with E-state index < -0.39 is 18.0 Å². The van der Waals surface area contributed by atoms with Gasteiger partial charge in [0.05, 0.1) is 0 Å². The summed E-state index contributed by atoms with van der Waals surface area (Å²) in [6.07, 6.45) is -0.796. The fourth-order valence-corrected chi connectivity index (χ4v) is 1.83. The van der Waals surface area contributed by atoms with E-state index in [4.69, 9.17) is 9.47 Å². The zero-order valence-electron chi connectivity index (χ0n) is 10.4. The lowest BCUT2D eigenvalue weighted by molar-refractivity contribution is -0.125. The van der Waals surface area contributed by atoms with Gasteiger partial charge in [-0.25, -0.2) is 4.98 Å². The molecule has 1 amide bonds. The Labute approximate surface area is 114 Å². The van der Waals surface area contributed by atoms with E-state index in [0.29, 0.717) is 11.5 Å². The van der Waals surface area contributed by atoms with Crippen LogP contribution in [0.1, 0.15) is 0 Å². The molecule has 1 aromatic heterocycles. The molecule has 0 fully saturated rings. The van der Waals surface area contributed by atoms with Crippen molar-refractivity contribution < 1.29 is 18.7 Å². The number of benzene rings is 1. The van der Waals surface area contributed by atoms with Gasteiger partial charge in [0.25, 0.3) is 5.91 Å². The molecule has 0 saturated carbocycles. The lowest BCUT2D eigenvalue weighted by atomic mass is 10.2. The summed E-state index contributed by atoms with van der Waals surface area (Å²) < 4.78 is 23.9. The van der Waals surface area contributed by atoms with E-state index in [1.54, 1.807) is 18.2 Å². The molecular formula is C14H11FN2O3. The predicted octanol–water partition coefficient (Wildman–Crippen LogP) is 2.00.